The molecule has 0 unspecified atom stereocenters. The summed E-state index contributed by atoms with van der Waals surface area (Å²) in [4.78, 5) is 0. The summed E-state index contributed by atoms with van der Waals surface area (Å²) >= 11 is 0. The van der Waals surface area contributed by atoms with Crippen LogP contribution in [0.5, 0.6) is 0 Å². The molecule has 0 aromatic rings. The van der Waals surface area contributed by atoms with Crippen molar-refractivity contribution < 1.29 is 25.5 Å². The molecule has 0 aromatic carbocycles. The van der Waals surface area contributed by atoms with Crippen LogP contribution in [0.2, 0.25) is 0 Å². The minimum atomic E-state index is -1.68. The van der Waals surface area contributed by atoms with E-state index in [2.05, 4.69) is 5.32 Å². The molecule has 2 bridgehead atoms. The van der Waals surface area contributed by atoms with E-state index < -0.39 is 36.2 Å². The molecule has 0 amide bonds. The average Bonchev–Trinajstić information content (AvgIpc) is 2.35. The van der Waals surface area contributed by atoms with Gasteiger partial charge in [0, 0.05) is 6.42 Å². The highest BCUT2D eigenvalue weighted by Crippen LogP contribution is 2.34. The SMILES string of the molecule is O[C@@H]1[C@@H](O)[C@@H](O)[C@]2(O)C[C@H](O)[C@H]1N2. The number of fused-ring (bicyclic) bond motifs is 2. The fraction of sp³-hybridized carbons (Fsp3) is 1.00. The predicted octanol–water partition coefficient (Wildman–Crippen LogP) is -3.51. The molecule has 2 heterocycles. The van der Waals surface area contributed by atoms with Gasteiger partial charge in [-0.05, 0) is 0 Å². The van der Waals surface area contributed by atoms with Crippen LogP contribution in [0.25, 0.3) is 0 Å². The molecule has 0 aromatic heterocycles. The lowest BCUT2D eigenvalue weighted by Gasteiger charge is -2.40. The molecule has 2 rings (SSSR count). The van der Waals surface area contributed by atoms with E-state index >= 15 is 0 Å². The molecular weight excluding hydrogens is 178 g/mol. The fourth-order valence-electron chi connectivity index (χ4n) is 2.09. The number of hydrogen-bond acceptors (Lipinski definition) is 6. The van der Waals surface area contributed by atoms with Crippen molar-refractivity contribution in [2.24, 2.45) is 0 Å². The van der Waals surface area contributed by atoms with E-state index in [-0.39, 0.29) is 6.42 Å². The maximum Gasteiger partial charge on any atom is 0.147 e. The zero-order valence-corrected chi connectivity index (χ0v) is 6.83. The fourth-order valence-corrected chi connectivity index (χ4v) is 2.09. The normalized spacial score (nSPS) is 61.2. The van der Waals surface area contributed by atoms with Crippen LogP contribution in [0.15, 0.2) is 0 Å². The molecule has 6 N–H and O–H groups in total. The second-order valence-electron chi connectivity index (χ2n) is 3.79. The first-order chi connectivity index (χ1) is 5.96. The van der Waals surface area contributed by atoms with Crippen LogP contribution in [-0.4, -0.2) is 61.7 Å². The van der Waals surface area contributed by atoms with Crippen molar-refractivity contribution >= 4 is 0 Å². The lowest BCUT2D eigenvalue weighted by Crippen LogP contribution is -2.67. The van der Waals surface area contributed by atoms with Gasteiger partial charge in [0.15, 0.2) is 0 Å². The van der Waals surface area contributed by atoms with Crippen LogP contribution >= 0.6 is 0 Å². The molecule has 0 saturated carbocycles. The van der Waals surface area contributed by atoms with Crippen molar-refractivity contribution in [2.45, 2.75) is 42.6 Å². The van der Waals surface area contributed by atoms with E-state index in [0.717, 1.165) is 0 Å². The predicted molar refractivity (Wildman–Crippen MR) is 40.5 cm³/mol. The van der Waals surface area contributed by atoms with Gasteiger partial charge in [0.2, 0.25) is 0 Å². The Morgan fingerprint density at radius 2 is 1.69 bits per heavy atom. The summed E-state index contributed by atoms with van der Waals surface area (Å²) in [6.07, 6.45) is -5.20. The Kier molecular flexibility index (Phi) is 1.88. The molecule has 0 spiro atoms. The van der Waals surface area contributed by atoms with Gasteiger partial charge in [-0.2, -0.15) is 0 Å². The standard InChI is InChI=1S/C7H13NO5/c9-2-1-7(13)6(12)5(11)4(10)3(2)8-7/h2-6,8-13H,1H2/t2-,3+,4-,5+,6+,7+/m0/s1. The van der Waals surface area contributed by atoms with E-state index in [4.69, 9.17) is 0 Å². The number of piperidine rings is 1. The van der Waals surface area contributed by atoms with E-state index in [1.807, 2.05) is 0 Å². The van der Waals surface area contributed by atoms with E-state index in [1.165, 1.54) is 0 Å². The highest BCUT2D eigenvalue weighted by atomic mass is 16.4. The third-order valence-corrected chi connectivity index (χ3v) is 2.88. The van der Waals surface area contributed by atoms with E-state index in [1.54, 1.807) is 0 Å². The quantitative estimate of drug-likeness (QED) is 0.237. The minimum Gasteiger partial charge on any atom is -0.391 e. The molecule has 6 nitrogen and oxygen atoms in total. The summed E-state index contributed by atoms with van der Waals surface area (Å²) in [5, 5.41) is 49.6. The molecule has 6 heteroatoms. The van der Waals surface area contributed by atoms with Crippen LogP contribution in [0.1, 0.15) is 6.42 Å². The van der Waals surface area contributed by atoms with Crippen LogP contribution in [-0.2, 0) is 0 Å². The molecular formula is C7H13NO5. The molecule has 2 aliphatic rings. The highest BCUT2D eigenvalue weighted by Gasteiger charge is 2.58. The number of aliphatic hydroxyl groups excluding tert-OH is 4. The van der Waals surface area contributed by atoms with Gasteiger partial charge in [-0.3, -0.25) is 5.32 Å². The monoisotopic (exact) mass is 191 g/mol. The van der Waals surface area contributed by atoms with Crippen LogP contribution in [0.3, 0.4) is 0 Å². The zero-order chi connectivity index (χ0) is 9.80. The molecule has 6 atom stereocenters. The summed E-state index contributed by atoms with van der Waals surface area (Å²) < 4.78 is 0. The van der Waals surface area contributed by atoms with Gasteiger partial charge in [-0.25, -0.2) is 0 Å². The Labute approximate surface area is 74.4 Å². The van der Waals surface area contributed by atoms with Crippen molar-refractivity contribution in [3.8, 4) is 0 Å². The molecule has 0 radical (unpaired) electrons. The summed E-state index contributed by atoms with van der Waals surface area (Å²) in [5.41, 5.74) is -1.68. The summed E-state index contributed by atoms with van der Waals surface area (Å²) in [5.74, 6) is 0. The van der Waals surface area contributed by atoms with Gasteiger partial charge in [0.1, 0.15) is 24.0 Å². The number of rotatable bonds is 0. The van der Waals surface area contributed by atoms with Crippen LogP contribution < -0.4 is 5.32 Å². The molecule has 76 valence electrons. The van der Waals surface area contributed by atoms with E-state index in [0.29, 0.717) is 0 Å². The molecule has 0 aliphatic carbocycles. The van der Waals surface area contributed by atoms with Crippen molar-refractivity contribution in [3.05, 3.63) is 0 Å². The van der Waals surface area contributed by atoms with Gasteiger partial charge in [-0.15, -0.1) is 0 Å². The highest BCUT2D eigenvalue weighted by molar-refractivity contribution is 5.11. The molecule has 13 heavy (non-hydrogen) atoms. The van der Waals surface area contributed by atoms with Crippen molar-refractivity contribution in [1.82, 2.24) is 5.32 Å². The van der Waals surface area contributed by atoms with E-state index in [9.17, 15) is 25.5 Å². The number of nitrogens with one attached hydrogen (secondary N) is 1. The number of aliphatic hydroxyl groups is 5. The zero-order valence-electron chi connectivity index (χ0n) is 6.83. The summed E-state index contributed by atoms with van der Waals surface area (Å²) in [7, 11) is 0. The second kappa shape index (κ2) is 2.63. The lowest BCUT2D eigenvalue weighted by molar-refractivity contribution is -0.187. The second-order valence-corrected chi connectivity index (χ2v) is 3.79. The minimum absolute atomic E-state index is 0.0903. The van der Waals surface area contributed by atoms with Crippen molar-refractivity contribution in [1.29, 1.82) is 0 Å². The van der Waals surface area contributed by atoms with Gasteiger partial charge in [0.25, 0.3) is 0 Å². The van der Waals surface area contributed by atoms with Gasteiger partial charge >= 0.3 is 0 Å². The number of hydrogen-bond donors (Lipinski definition) is 6. The third-order valence-electron chi connectivity index (χ3n) is 2.88. The maximum absolute atomic E-state index is 9.66. The van der Waals surface area contributed by atoms with Crippen LogP contribution in [0, 0.1) is 0 Å². The first kappa shape index (κ1) is 9.32. The Balaban J connectivity index is 2.30. The Hall–Kier alpha value is -0.240. The van der Waals surface area contributed by atoms with Crippen molar-refractivity contribution in [3.63, 3.8) is 0 Å². The maximum atomic E-state index is 9.66. The average molecular weight is 191 g/mol. The molecule has 2 fully saturated rings. The molecule has 2 aliphatic heterocycles. The van der Waals surface area contributed by atoms with Crippen LogP contribution in [0.4, 0.5) is 0 Å². The Morgan fingerprint density at radius 1 is 1.08 bits per heavy atom. The summed E-state index contributed by atoms with van der Waals surface area (Å²) in [6.45, 7) is 0. The first-order valence-corrected chi connectivity index (χ1v) is 4.18. The largest absolute Gasteiger partial charge is 0.391 e. The topological polar surface area (TPSA) is 113 Å². The lowest BCUT2D eigenvalue weighted by atomic mass is 9.94. The third kappa shape index (κ3) is 1.11. The van der Waals surface area contributed by atoms with Crippen molar-refractivity contribution in [2.75, 3.05) is 0 Å². The Morgan fingerprint density at radius 3 is 2.31 bits per heavy atom. The van der Waals surface area contributed by atoms with Gasteiger partial charge in [0.05, 0.1) is 12.1 Å². The first-order valence-electron chi connectivity index (χ1n) is 4.18. The van der Waals surface area contributed by atoms with Gasteiger partial charge in [-0.1, -0.05) is 0 Å². The molecule has 2 saturated heterocycles. The smallest absolute Gasteiger partial charge is 0.147 e. The summed E-state index contributed by atoms with van der Waals surface area (Å²) in [6, 6.07) is -0.775. The Bertz CT molecular complexity index is 219. The van der Waals surface area contributed by atoms with Gasteiger partial charge < -0.3 is 25.5 Å².